The van der Waals surface area contributed by atoms with Crippen LogP contribution in [-0.2, 0) is 10.0 Å². The predicted molar refractivity (Wildman–Crippen MR) is 95.2 cm³/mol. The summed E-state index contributed by atoms with van der Waals surface area (Å²) < 4.78 is 37.4. The van der Waals surface area contributed by atoms with Gasteiger partial charge in [-0.05, 0) is 25.5 Å². The zero-order valence-corrected chi connectivity index (χ0v) is 15.3. The van der Waals surface area contributed by atoms with Crippen molar-refractivity contribution in [3.05, 3.63) is 47.9 Å². The number of aromatic nitrogens is 1. The minimum Gasteiger partial charge on any atom is -0.449 e. The number of thiophene rings is 1. The number of carbonyl (C=O) groups is 1. The minimum atomic E-state index is -4.03. The maximum atomic E-state index is 12.7. The van der Waals surface area contributed by atoms with Crippen molar-refractivity contribution >= 4 is 33.2 Å². The van der Waals surface area contributed by atoms with Gasteiger partial charge in [0, 0.05) is 4.88 Å². The van der Waals surface area contributed by atoms with Crippen LogP contribution in [0.3, 0.4) is 0 Å². The molecule has 26 heavy (non-hydrogen) atoms. The molecule has 136 valence electrons. The number of nitrogens with zero attached hydrogens (tertiary/aromatic N) is 1. The molecule has 0 aliphatic rings. The van der Waals surface area contributed by atoms with Gasteiger partial charge in [-0.15, -0.1) is 0 Å². The Bertz CT molecular complexity index is 1030. The summed E-state index contributed by atoms with van der Waals surface area (Å²) in [6, 6.07) is 10.6. The number of benzene rings is 1. The molecule has 2 N–H and O–H groups in total. The van der Waals surface area contributed by atoms with Crippen LogP contribution in [0, 0.1) is 13.8 Å². The molecule has 0 atom stereocenters. The van der Waals surface area contributed by atoms with Crippen LogP contribution in [0.1, 0.15) is 11.5 Å². The normalized spacial score (nSPS) is 11.3. The van der Waals surface area contributed by atoms with Gasteiger partial charge in [0.05, 0.1) is 0 Å². The van der Waals surface area contributed by atoms with E-state index in [1.165, 1.54) is 19.9 Å². The van der Waals surface area contributed by atoms with Crippen LogP contribution >= 0.6 is 11.3 Å². The molecule has 0 saturated carbocycles. The largest absolute Gasteiger partial charge is 0.512 e. The van der Waals surface area contributed by atoms with Gasteiger partial charge in [0.15, 0.2) is 10.7 Å². The third kappa shape index (κ3) is 3.55. The number of sulfonamides is 1. The first-order valence-electron chi connectivity index (χ1n) is 7.33. The second kappa shape index (κ2) is 6.81. The molecule has 8 nitrogen and oxygen atoms in total. The Morgan fingerprint density at radius 1 is 1.27 bits per heavy atom. The highest BCUT2D eigenvalue weighted by atomic mass is 32.2. The highest BCUT2D eigenvalue weighted by molar-refractivity contribution is 7.92. The van der Waals surface area contributed by atoms with Crippen LogP contribution in [0.15, 0.2) is 45.8 Å². The lowest BCUT2D eigenvalue weighted by atomic mass is 10.2. The van der Waals surface area contributed by atoms with Gasteiger partial charge in [-0.25, -0.2) is 13.2 Å². The zero-order chi connectivity index (χ0) is 18.9. The number of ether oxygens (including phenoxy) is 1. The summed E-state index contributed by atoms with van der Waals surface area (Å²) in [7, 11) is -4.03. The topological polar surface area (TPSA) is 119 Å². The fourth-order valence-electron chi connectivity index (χ4n) is 2.40. The summed E-state index contributed by atoms with van der Waals surface area (Å²) in [4.78, 5) is 11.5. The average Bonchev–Trinajstić information content (AvgIpc) is 3.11. The average molecular weight is 394 g/mol. The number of hydrogen-bond donors (Lipinski definition) is 2. The van der Waals surface area contributed by atoms with Crippen molar-refractivity contribution in [3.63, 3.8) is 0 Å². The highest BCUT2D eigenvalue weighted by Gasteiger charge is 2.27. The number of nitrogens with one attached hydrogen (secondary N) is 1. The van der Waals surface area contributed by atoms with E-state index in [-0.39, 0.29) is 27.1 Å². The molecule has 0 saturated heterocycles. The Hall–Kier alpha value is -2.85. The molecule has 0 amide bonds. The molecule has 0 spiro atoms. The number of hydrogen-bond acceptors (Lipinski definition) is 7. The van der Waals surface area contributed by atoms with E-state index in [9.17, 15) is 13.2 Å². The van der Waals surface area contributed by atoms with Crippen LogP contribution in [0.5, 0.6) is 5.06 Å². The molecule has 0 aliphatic heterocycles. The van der Waals surface area contributed by atoms with Gasteiger partial charge in [0.25, 0.3) is 10.0 Å². The first-order valence-corrected chi connectivity index (χ1v) is 9.63. The molecule has 0 radical (unpaired) electrons. The van der Waals surface area contributed by atoms with Crippen molar-refractivity contribution in [1.82, 2.24) is 5.16 Å². The van der Waals surface area contributed by atoms with E-state index in [4.69, 9.17) is 14.4 Å². The maximum Gasteiger partial charge on any atom is 0.512 e. The Kier molecular flexibility index (Phi) is 4.70. The number of rotatable bonds is 5. The number of aryl methyl sites for hydroxylation is 2. The van der Waals surface area contributed by atoms with Crippen LogP contribution in [-0.4, -0.2) is 24.8 Å². The molecule has 3 aromatic rings. The molecule has 3 rings (SSSR count). The lowest BCUT2D eigenvalue weighted by molar-refractivity contribution is 0.146. The van der Waals surface area contributed by atoms with E-state index in [1.807, 2.05) is 30.3 Å². The van der Waals surface area contributed by atoms with Gasteiger partial charge in [-0.1, -0.05) is 46.8 Å². The van der Waals surface area contributed by atoms with Crippen molar-refractivity contribution < 1.29 is 27.6 Å². The summed E-state index contributed by atoms with van der Waals surface area (Å²) >= 11 is 1.02. The van der Waals surface area contributed by atoms with Crippen LogP contribution in [0.25, 0.3) is 10.4 Å². The molecular formula is C16H14N2O6S2. The van der Waals surface area contributed by atoms with Gasteiger partial charge in [-0.3, -0.25) is 4.72 Å². The van der Waals surface area contributed by atoms with Crippen LogP contribution in [0.2, 0.25) is 0 Å². The lowest BCUT2D eigenvalue weighted by Gasteiger charge is -2.07. The van der Waals surface area contributed by atoms with Gasteiger partial charge in [0.2, 0.25) is 5.06 Å². The summed E-state index contributed by atoms with van der Waals surface area (Å²) in [5.74, 6) is 0.134. The number of carboxylic acid groups (broad SMARTS) is 1. The second-order valence-corrected chi connectivity index (χ2v) is 7.94. The molecule has 1 aromatic carbocycles. The smallest absolute Gasteiger partial charge is 0.449 e. The van der Waals surface area contributed by atoms with Crippen LogP contribution < -0.4 is 9.46 Å². The van der Waals surface area contributed by atoms with Crippen molar-refractivity contribution in [2.45, 2.75) is 18.7 Å². The molecule has 2 heterocycles. The van der Waals surface area contributed by atoms with E-state index in [0.29, 0.717) is 4.88 Å². The van der Waals surface area contributed by atoms with Crippen molar-refractivity contribution in [2.75, 3.05) is 4.72 Å². The van der Waals surface area contributed by atoms with Crippen molar-refractivity contribution in [3.8, 4) is 15.5 Å². The molecule has 0 bridgehead atoms. The predicted octanol–water partition coefficient (Wildman–Crippen LogP) is 3.88. The van der Waals surface area contributed by atoms with E-state index >= 15 is 0 Å². The van der Waals surface area contributed by atoms with Gasteiger partial charge in [-0.2, -0.15) is 0 Å². The fraction of sp³-hybridized carbons (Fsp3) is 0.125. The maximum absolute atomic E-state index is 12.7. The van der Waals surface area contributed by atoms with Crippen LogP contribution in [0.4, 0.5) is 10.5 Å². The Balaban J connectivity index is 2.03. The summed E-state index contributed by atoms with van der Waals surface area (Å²) in [5, 5.41) is 12.5. The Morgan fingerprint density at radius 2 is 1.96 bits per heavy atom. The van der Waals surface area contributed by atoms with Gasteiger partial charge < -0.3 is 14.4 Å². The van der Waals surface area contributed by atoms with Crippen molar-refractivity contribution in [2.24, 2.45) is 0 Å². The van der Waals surface area contributed by atoms with E-state index in [1.54, 1.807) is 0 Å². The SMILES string of the molecule is Cc1noc(C)c1S(=O)(=O)Nc1cc(-c2ccccc2)sc1OC(=O)O. The third-order valence-corrected chi connectivity index (χ3v) is 6.09. The summed E-state index contributed by atoms with van der Waals surface area (Å²) in [6.07, 6.45) is -1.54. The molecule has 0 aliphatic carbocycles. The summed E-state index contributed by atoms with van der Waals surface area (Å²) in [5.41, 5.74) is 1.03. The monoisotopic (exact) mass is 394 g/mol. The highest BCUT2D eigenvalue weighted by Crippen LogP contribution is 2.42. The van der Waals surface area contributed by atoms with Crippen molar-refractivity contribution in [1.29, 1.82) is 0 Å². The molecule has 10 heteroatoms. The zero-order valence-electron chi connectivity index (χ0n) is 13.7. The van der Waals surface area contributed by atoms with E-state index in [2.05, 4.69) is 9.88 Å². The quantitative estimate of drug-likeness (QED) is 0.630. The number of anilines is 1. The third-order valence-electron chi connectivity index (χ3n) is 3.42. The molecule has 0 unspecified atom stereocenters. The second-order valence-electron chi connectivity index (χ2n) is 5.30. The Labute approximate surface area is 153 Å². The standard InChI is InChI=1S/C16H14N2O6S2/c1-9-14(10(2)24-17-9)26(21,22)18-12-8-13(11-6-4-3-5-7-11)25-15(12)23-16(19)20/h3-8,18H,1-2H3,(H,19,20). The fourth-order valence-corrected chi connectivity index (χ4v) is 4.81. The molecule has 2 aromatic heterocycles. The lowest BCUT2D eigenvalue weighted by Crippen LogP contribution is -2.15. The molecular weight excluding hydrogens is 380 g/mol. The molecule has 0 fully saturated rings. The van der Waals surface area contributed by atoms with Gasteiger partial charge >= 0.3 is 6.16 Å². The van der Waals surface area contributed by atoms with E-state index < -0.39 is 16.2 Å². The van der Waals surface area contributed by atoms with E-state index in [0.717, 1.165) is 16.9 Å². The van der Waals surface area contributed by atoms with Gasteiger partial charge in [0.1, 0.15) is 11.4 Å². The first kappa shape index (κ1) is 18.0. The minimum absolute atomic E-state index is 0.0243. The summed E-state index contributed by atoms with van der Waals surface area (Å²) in [6.45, 7) is 2.98. The first-order chi connectivity index (χ1) is 12.3. The Morgan fingerprint density at radius 3 is 2.54 bits per heavy atom.